The van der Waals surface area contributed by atoms with Gasteiger partial charge in [0.05, 0.1) is 6.54 Å². The first-order valence-corrected chi connectivity index (χ1v) is 11.4. The van der Waals surface area contributed by atoms with Gasteiger partial charge in [-0.3, -0.25) is 4.65 Å². The number of nitrogens with zero attached hydrogens (tertiary/aromatic N) is 2. The fraction of sp³-hybridized carbons (Fsp3) is 0.955. The van der Waals surface area contributed by atoms with E-state index in [2.05, 4.69) is 11.9 Å². The molecule has 4 nitrogen and oxygen atoms in total. The average Bonchev–Trinajstić information content (AvgIpc) is 3.00. The third-order valence-corrected chi connectivity index (χ3v) is 5.77. The van der Waals surface area contributed by atoms with E-state index in [0.717, 1.165) is 12.8 Å². The second kappa shape index (κ2) is 14.6. The van der Waals surface area contributed by atoms with E-state index in [4.69, 9.17) is 0 Å². The van der Waals surface area contributed by atoms with Gasteiger partial charge in [-0.1, -0.05) is 96.8 Å². The molecule has 1 aliphatic rings. The highest BCUT2D eigenvalue weighted by molar-refractivity contribution is 5.77. The molecule has 0 fully saturated rings. The summed E-state index contributed by atoms with van der Waals surface area (Å²) in [5.41, 5.74) is 0. The zero-order valence-corrected chi connectivity index (χ0v) is 17.6. The smallest absolute Gasteiger partial charge is 0.200 e. The van der Waals surface area contributed by atoms with Crippen LogP contribution >= 0.6 is 0 Å². The zero-order valence-electron chi connectivity index (χ0n) is 17.6. The normalized spacial score (nSPS) is 21.2. The van der Waals surface area contributed by atoms with E-state index in [1.807, 2.05) is 0 Å². The van der Waals surface area contributed by atoms with Gasteiger partial charge in [0, 0.05) is 13.3 Å². The molecule has 1 aliphatic heterocycles. The lowest BCUT2D eigenvalue weighted by molar-refractivity contribution is -0.836. The summed E-state index contributed by atoms with van der Waals surface area (Å²) in [5.74, 6) is 0.662. The summed E-state index contributed by atoms with van der Waals surface area (Å²) < 4.78 is -0.599. The van der Waals surface area contributed by atoms with Crippen LogP contribution in [0.2, 0.25) is 0 Å². The Hall–Kier alpha value is -0.450. The molecular formula is C22H44N2O2. The first kappa shape index (κ1) is 23.6. The Morgan fingerprint density at radius 1 is 0.846 bits per heavy atom. The molecule has 1 N–H and O–H groups in total. The van der Waals surface area contributed by atoms with Crippen LogP contribution in [0.3, 0.4) is 0 Å². The van der Waals surface area contributed by atoms with Gasteiger partial charge in [-0.2, -0.15) is 0 Å². The number of aliphatic imine (C=N–C) groups is 1. The van der Waals surface area contributed by atoms with Crippen LogP contribution in [0.4, 0.5) is 0 Å². The minimum atomic E-state index is -0.882. The van der Waals surface area contributed by atoms with E-state index in [0.29, 0.717) is 18.9 Å². The Labute approximate surface area is 162 Å². The van der Waals surface area contributed by atoms with Crippen LogP contribution in [0.5, 0.6) is 0 Å². The third kappa shape index (κ3) is 9.48. The minimum Gasteiger partial charge on any atom is -0.624 e. The Morgan fingerprint density at radius 2 is 1.27 bits per heavy atom. The van der Waals surface area contributed by atoms with Gasteiger partial charge in [-0.05, 0) is 6.42 Å². The molecule has 2 unspecified atom stereocenters. The molecule has 0 saturated carbocycles. The summed E-state index contributed by atoms with van der Waals surface area (Å²) >= 11 is 0. The molecule has 4 heteroatoms. The van der Waals surface area contributed by atoms with Crippen molar-refractivity contribution in [2.75, 3.05) is 13.1 Å². The highest BCUT2D eigenvalue weighted by atomic mass is 16.6. The van der Waals surface area contributed by atoms with Gasteiger partial charge in [0.2, 0.25) is 5.84 Å². The predicted molar refractivity (Wildman–Crippen MR) is 112 cm³/mol. The van der Waals surface area contributed by atoms with Crippen molar-refractivity contribution in [2.24, 2.45) is 4.99 Å². The average molecular weight is 369 g/mol. The number of quaternary nitrogens is 1. The molecule has 1 rings (SSSR count). The van der Waals surface area contributed by atoms with Gasteiger partial charge in [-0.15, -0.1) is 0 Å². The predicted octanol–water partition coefficient (Wildman–Crippen LogP) is 6.31. The van der Waals surface area contributed by atoms with Crippen molar-refractivity contribution in [3.05, 3.63) is 5.21 Å². The van der Waals surface area contributed by atoms with E-state index in [9.17, 15) is 10.3 Å². The standard InChI is InChI=1S/C22H44N2O2/c1-3-4-5-6-7-8-9-10-11-12-13-14-15-16-17-18-22-23-19-20-24(22,26)21(2)25/h21,25H,3-20H2,1-2H3. The van der Waals surface area contributed by atoms with Crippen molar-refractivity contribution in [3.8, 4) is 0 Å². The van der Waals surface area contributed by atoms with Crippen LogP contribution in [0.25, 0.3) is 0 Å². The summed E-state index contributed by atoms with van der Waals surface area (Å²) in [6, 6.07) is 0. The molecule has 0 radical (unpaired) electrons. The van der Waals surface area contributed by atoms with Gasteiger partial charge in [0.25, 0.3) is 0 Å². The van der Waals surface area contributed by atoms with E-state index >= 15 is 0 Å². The maximum absolute atomic E-state index is 12.5. The second-order valence-corrected chi connectivity index (χ2v) is 8.15. The molecule has 0 spiro atoms. The van der Waals surface area contributed by atoms with Gasteiger partial charge < -0.3 is 10.3 Å². The highest BCUT2D eigenvalue weighted by Crippen LogP contribution is 2.21. The molecule has 26 heavy (non-hydrogen) atoms. The molecule has 0 saturated heterocycles. The molecule has 1 heterocycles. The lowest BCUT2D eigenvalue weighted by Crippen LogP contribution is -2.51. The number of hydrogen-bond donors (Lipinski definition) is 1. The van der Waals surface area contributed by atoms with Crippen LogP contribution < -0.4 is 0 Å². The topological polar surface area (TPSA) is 55.7 Å². The molecule has 0 aromatic rings. The number of unbranched alkanes of at least 4 members (excludes halogenated alkanes) is 14. The Balaban J connectivity index is 1.84. The Morgan fingerprint density at radius 3 is 1.69 bits per heavy atom. The quantitative estimate of drug-likeness (QED) is 0.186. The number of rotatable bonds is 17. The fourth-order valence-electron chi connectivity index (χ4n) is 3.90. The van der Waals surface area contributed by atoms with Crippen molar-refractivity contribution >= 4 is 5.84 Å². The minimum absolute atomic E-state index is 0.408. The lowest BCUT2D eigenvalue weighted by Gasteiger charge is -2.41. The van der Waals surface area contributed by atoms with E-state index < -0.39 is 10.9 Å². The van der Waals surface area contributed by atoms with Gasteiger partial charge in [-0.25, -0.2) is 4.99 Å². The molecule has 154 valence electrons. The van der Waals surface area contributed by atoms with Gasteiger partial charge >= 0.3 is 0 Å². The van der Waals surface area contributed by atoms with Gasteiger partial charge in [0.15, 0.2) is 6.23 Å². The van der Waals surface area contributed by atoms with E-state index in [1.165, 1.54) is 89.9 Å². The first-order valence-electron chi connectivity index (χ1n) is 11.4. The molecule has 2 atom stereocenters. The van der Waals surface area contributed by atoms with E-state index in [-0.39, 0.29) is 0 Å². The number of hydrogen-bond acceptors (Lipinski definition) is 3. The van der Waals surface area contributed by atoms with Gasteiger partial charge in [0.1, 0.15) is 6.54 Å². The maximum atomic E-state index is 12.5. The number of aliphatic hydroxyl groups is 1. The van der Waals surface area contributed by atoms with E-state index in [1.54, 1.807) is 6.92 Å². The van der Waals surface area contributed by atoms with Crippen molar-refractivity contribution in [1.29, 1.82) is 0 Å². The maximum Gasteiger partial charge on any atom is 0.200 e. The summed E-state index contributed by atoms with van der Waals surface area (Å²) in [4.78, 5) is 4.33. The lowest BCUT2D eigenvalue weighted by atomic mass is 10.0. The van der Waals surface area contributed by atoms with Crippen LogP contribution in [-0.4, -0.2) is 34.9 Å². The summed E-state index contributed by atoms with van der Waals surface area (Å²) in [5, 5.41) is 22.2. The summed E-state index contributed by atoms with van der Waals surface area (Å²) in [7, 11) is 0. The molecule has 0 aliphatic carbocycles. The summed E-state index contributed by atoms with van der Waals surface area (Å²) in [6.07, 6.45) is 20.1. The van der Waals surface area contributed by atoms with Crippen molar-refractivity contribution in [1.82, 2.24) is 0 Å². The number of amidine groups is 1. The molecule has 0 amide bonds. The van der Waals surface area contributed by atoms with Crippen LogP contribution in [0, 0.1) is 5.21 Å². The largest absolute Gasteiger partial charge is 0.624 e. The van der Waals surface area contributed by atoms with Crippen molar-refractivity contribution in [2.45, 2.75) is 123 Å². The van der Waals surface area contributed by atoms with Crippen LogP contribution in [0.1, 0.15) is 117 Å². The molecule has 0 bridgehead atoms. The number of aliphatic hydroxyl groups excluding tert-OH is 1. The molecule has 0 aromatic carbocycles. The first-order chi connectivity index (χ1) is 12.6. The molecular weight excluding hydrogens is 324 g/mol. The zero-order chi connectivity index (χ0) is 19.1. The highest BCUT2D eigenvalue weighted by Gasteiger charge is 2.33. The monoisotopic (exact) mass is 368 g/mol. The fourth-order valence-corrected chi connectivity index (χ4v) is 3.90. The molecule has 0 aromatic heterocycles. The van der Waals surface area contributed by atoms with Crippen molar-refractivity contribution < 1.29 is 9.75 Å². The number of hydroxylamine groups is 3. The Kier molecular flexibility index (Phi) is 13.2. The van der Waals surface area contributed by atoms with Crippen LogP contribution in [-0.2, 0) is 0 Å². The SMILES string of the molecule is CCCCCCCCCCCCCCCCCC1=NCC[N+]1([O-])C(C)O. The Bertz CT molecular complexity index is 371. The van der Waals surface area contributed by atoms with Crippen molar-refractivity contribution in [3.63, 3.8) is 0 Å². The summed E-state index contributed by atoms with van der Waals surface area (Å²) in [6.45, 7) is 4.84. The second-order valence-electron chi connectivity index (χ2n) is 8.15. The third-order valence-electron chi connectivity index (χ3n) is 5.77. The van der Waals surface area contributed by atoms with Crippen LogP contribution in [0.15, 0.2) is 4.99 Å².